The molecule has 0 aliphatic heterocycles. The highest BCUT2D eigenvalue weighted by Gasteiger charge is 2.06. The zero-order valence-corrected chi connectivity index (χ0v) is 10.7. The number of nitrogens with one attached hydrogen (secondary N) is 1. The first-order valence-electron chi connectivity index (χ1n) is 4.91. The van der Waals surface area contributed by atoms with E-state index in [2.05, 4.69) is 36.5 Å². The van der Waals surface area contributed by atoms with Crippen LogP contribution < -0.4 is 10.9 Å². The van der Waals surface area contributed by atoms with E-state index < -0.39 is 0 Å². The molecule has 0 atom stereocenters. The van der Waals surface area contributed by atoms with Gasteiger partial charge in [-0.1, -0.05) is 0 Å². The van der Waals surface area contributed by atoms with Gasteiger partial charge in [0, 0.05) is 13.2 Å². The molecule has 1 N–H and O–H groups in total. The molecule has 0 amide bonds. The van der Waals surface area contributed by atoms with Crippen molar-refractivity contribution in [1.29, 1.82) is 0 Å². The lowest BCUT2D eigenvalue weighted by molar-refractivity contribution is 0.703. The summed E-state index contributed by atoms with van der Waals surface area (Å²) in [5.74, 6) is 0. The molecule has 0 aliphatic rings. The minimum absolute atomic E-state index is 0.186. The van der Waals surface area contributed by atoms with Crippen molar-refractivity contribution < 1.29 is 0 Å². The molecular weight excluding hydrogens is 286 g/mol. The summed E-state index contributed by atoms with van der Waals surface area (Å²) in [6.07, 6.45) is 3.20. The van der Waals surface area contributed by atoms with Crippen LogP contribution in [0.25, 0.3) is 0 Å². The fourth-order valence-corrected chi connectivity index (χ4v) is 1.75. The highest BCUT2D eigenvalue weighted by atomic mass is 79.9. The molecule has 0 saturated heterocycles. The summed E-state index contributed by atoms with van der Waals surface area (Å²) in [6.45, 7) is 0.487. The Labute approximate surface area is 106 Å². The van der Waals surface area contributed by atoms with Gasteiger partial charge in [0.05, 0.1) is 24.1 Å². The van der Waals surface area contributed by atoms with Crippen molar-refractivity contribution in [1.82, 2.24) is 20.0 Å². The van der Waals surface area contributed by atoms with Gasteiger partial charge in [-0.2, -0.15) is 15.3 Å². The number of rotatable bonds is 3. The molecule has 6 nitrogen and oxygen atoms in total. The van der Waals surface area contributed by atoms with Crippen molar-refractivity contribution in [3.8, 4) is 0 Å². The molecule has 88 valence electrons. The lowest BCUT2D eigenvalue weighted by Gasteiger charge is -2.07. The smallest absolute Gasteiger partial charge is 0.282 e. The lowest BCUT2D eigenvalue weighted by atomic mass is 10.3. The lowest BCUT2D eigenvalue weighted by Crippen LogP contribution is -2.21. The van der Waals surface area contributed by atoms with Crippen molar-refractivity contribution in [3.05, 3.63) is 45.0 Å². The molecule has 17 heavy (non-hydrogen) atoms. The Kier molecular flexibility index (Phi) is 3.48. The maximum Gasteiger partial charge on any atom is 0.282 e. The molecule has 0 fully saturated rings. The summed E-state index contributed by atoms with van der Waals surface area (Å²) in [5.41, 5.74) is 1.24. The van der Waals surface area contributed by atoms with Crippen molar-refractivity contribution >= 4 is 21.6 Å². The Morgan fingerprint density at radius 3 is 3.06 bits per heavy atom. The van der Waals surface area contributed by atoms with E-state index in [9.17, 15) is 4.79 Å². The number of aromatic nitrogens is 4. The van der Waals surface area contributed by atoms with Gasteiger partial charge in [0.2, 0.25) is 0 Å². The quantitative estimate of drug-likeness (QED) is 0.912. The predicted molar refractivity (Wildman–Crippen MR) is 66.5 cm³/mol. The zero-order valence-electron chi connectivity index (χ0n) is 9.09. The number of halogens is 1. The van der Waals surface area contributed by atoms with Crippen LogP contribution in [0.15, 0.2) is 33.8 Å². The molecular formula is C10H10BrN5O. The standard InChI is InChI=1S/C10H10BrN5O/c1-16-10(17)9(11)8(6-14-16)12-5-7-3-2-4-13-15-7/h2-4,6,12H,5H2,1H3. The van der Waals surface area contributed by atoms with Gasteiger partial charge in [-0.15, -0.1) is 0 Å². The number of hydrogen-bond donors (Lipinski definition) is 1. The maximum absolute atomic E-state index is 11.6. The van der Waals surface area contributed by atoms with Gasteiger partial charge >= 0.3 is 0 Å². The third kappa shape index (κ3) is 2.68. The van der Waals surface area contributed by atoms with Crippen LogP contribution in [0.4, 0.5) is 5.69 Å². The Bertz CT molecular complexity index is 569. The average molecular weight is 296 g/mol. The first-order valence-corrected chi connectivity index (χ1v) is 5.70. The molecule has 2 aromatic rings. The van der Waals surface area contributed by atoms with Crippen LogP contribution >= 0.6 is 15.9 Å². The van der Waals surface area contributed by atoms with Gasteiger partial charge in [-0.05, 0) is 28.1 Å². The van der Waals surface area contributed by atoms with Crippen LogP contribution in [0.2, 0.25) is 0 Å². The largest absolute Gasteiger partial charge is 0.377 e. The summed E-state index contributed by atoms with van der Waals surface area (Å²) in [7, 11) is 1.60. The highest BCUT2D eigenvalue weighted by molar-refractivity contribution is 9.10. The van der Waals surface area contributed by atoms with Crippen LogP contribution in [-0.4, -0.2) is 20.0 Å². The second kappa shape index (κ2) is 5.05. The fraction of sp³-hybridized carbons (Fsp3) is 0.200. The summed E-state index contributed by atoms with van der Waals surface area (Å²) in [6, 6.07) is 3.66. The first kappa shape index (κ1) is 11.7. The summed E-state index contributed by atoms with van der Waals surface area (Å²) < 4.78 is 1.72. The molecule has 2 rings (SSSR count). The molecule has 2 heterocycles. The Balaban J connectivity index is 2.15. The topological polar surface area (TPSA) is 72.7 Å². The van der Waals surface area contributed by atoms with Crippen LogP contribution in [0, 0.1) is 0 Å². The molecule has 0 aromatic carbocycles. The molecule has 0 bridgehead atoms. The minimum atomic E-state index is -0.186. The summed E-state index contributed by atoms with van der Waals surface area (Å²) in [4.78, 5) is 11.6. The monoisotopic (exact) mass is 295 g/mol. The zero-order chi connectivity index (χ0) is 12.3. The average Bonchev–Trinajstić information content (AvgIpc) is 2.36. The molecule has 0 spiro atoms. The van der Waals surface area contributed by atoms with Gasteiger partial charge < -0.3 is 5.32 Å². The van der Waals surface area contributed by atoms with E-state index in [0.29, 0.717) is 16.7 Å². The fourth-order valence-electron chi connectivity index (χ4n) is 1.25. The maximum atomic E-state index is 11.6. The summed E-state index contributed by atoms with van der Waals surface area (Å²) >= 11 is 3.23. The van der Waals surface area contributed by atoms with Gasteiger partial charge in [0.25, 0.3) is 5.56 Å². The van der Waals surface area contributed by atoms with Gasteiger partial charge in [0.15, 0.2) is 0 Å². The van der Waals surface area contributed by atoms with Crippen molar-refractivity contribution in [3.63, 3.8) is 0 Å². The minimum Gasteiger partial charge on any atom is -0.377 e. The van der Waals surface area contributed by atoms with Crippen LogP contribution in [0.3, 0.4) is 0 Å². The van der Waals surface area contributed by atoms with Crippen LogP contribution in [0.1, 0.15) is 5.69 Å². The van der Waals surface area contributed by atoms with E-state index in [4.69, 9.17) is 0 Å². The van der Waals surface area contributed by atoms with E-state index >= 15 is 0 Å². The van der Waals surface area contributed by atoms with E-state index in [0.717, 1.165) is 5.69 Å². The number of aryl methyl sites for hydroxylation is 1. The molecule has 0 aliphatic carbocycles. The van der Waals surface area contributed by atoms with Gasteiger partial charge in [-0.25, -0.2) is 4.68 Å². The van der Waals surface area contributed by atoms with Crippen molar-refractivity contribution in [2.75, 3.05) is 5.32 Å². The Morgan fingerprint density at radius 2 is 2.35 bits per heavy atom. The van der Waals surface area contributed by atoms with Crippen LogP contribution in [0.5, 0.6) is 0 Å². The second-order valence-corrected chi connectivity index (χ2v) is 4.16. The SMILES string of the molecule is Cn1ncc(NCc2cccnn2)c(Br)c1=O. The van der Waals surface area contributed by atoms with Crippen LogP contribution in [-0.2, 0) is 13.6 Å². The second-order valence-electron chi connectivity index (χ2n) is 3.37. The molecule has 0 unspecified atom stereocenters. The van der Waals surface area contributed by atoms with E-state index in [1.165, 1.54) is 4.68 Å². The third-order valence-corrected chi connectivity index (χ3v) is 2.93. The summed E-state index contributed by atoms with van der Waals surface area (Å²) in [5, 5.41) is 14.7. The van der Waals surface area contributed by atoms with Crippen molar-refractivity contribution in [2.45, 2.75) is 6.54 Å². The Hall–Kier alpha value is -1.76. The number of nitrogens with zero attached hydrogens (tertiary/aromatic N) is 4. The van der Waals surface area contributed by atoms with E-state index in [-0.39, 0.29) is 5.56 Å². The Morgan fingerprint density at radius 1 is 1.53 bits per heavy atom. The third-order valence-electron chi connectivity index (χ3n) is 2.17. The first-order chi connectivity index (χ1) is 8.18. The number of hydrogen-bond acceptors (Lipinski definition) is 5. The van der Waals surface area contributed by atoms with E-state index in [1.807, 2.05) is 6.07 Å². The highest BCUT2D eigenvalue weighted by Crippen LogP contribution is 2.16. The van der Waals surface area contributed by atoms with E-state index in [1.54, 1.807) is 25.5 Å². The normalized spacial score (nSPS) is 10.2. The molecule has 0 radical (unpaired) electrons. The number of anilines is 1. The van der Waals surface area contributed by atoms with Gasteiger partial charge in [-0.3, -0.25) is 4.79 Å². The molecule has 2 aromatic heterocycles. The van der Waals surface area contributed by atoms with Gasteiger partial charge in [0.1, 0.15) is 4.47 Å². The molecule has 7 heteroatoms. The molecule has 0 saturated carbocycles. The predicted octanol–water partition coefficient (Wildman–Crippen LogP) is 0.945. The van der Waals surface area contributed by atoms with Crippen molar-refractivity contribution in [2.24, 2.45) is 7.05 Å².